The van der Waals surface area contributed by atoms with E-state index >= 15 is 0 Å². The van der Waals surface area contributed by atoms with Crippen LogP contribution in [0.25, 0.3) is 0 Å². The van der Waals surface area contributed by atoms with Gasteiger partial charge >= 0.3 is 0 Å². The molecule has 1 amide bonds. The Hall–Kier alpha value is -2.93. The predicted molar refractivity (Wildman–Crippen MR) is 100 cm³/mol. The van der Waals surface area contributed by atoms with Crippen molar-refractivity contribution in [1.82, 2.24) is 4.90 Å². The number of carbonyl (C=O) groups excluding carboxylic acids is 1. The van der Waals surface area contributed by atoms with E-state index in [-0.39, 0.29) is 24.2 Å². The van der Waals surface area contributed by atoms with Gasteiger partial charge in [0.25, 0.3) is 5.69 Å². The molecule has 0 aliphatic carbocycles. The quantitative estimate of drug-likeness (QED) is 0.576. The standard InChI is InChI=1S/C19H23N3O4/c1-4-21(14(2)15-6-5-7-17(12-15)22(24)25)13-19(23)20-16-8-10-18(26-3)11-9-16/h5-12,14H,4,13H2,1-3H3,(H,20,23). The SMILES string of the molecule is CCN(CC(=O)Nc1ccc(OC)cc1)C(C)c1cccc([N+](=O)[O-])c1. The van der Waals surface area contributed by atoms with E-state index in [2.05, 4.69) is 5.32 Å². The number of non-ortho nitro benzene ring substituents is 1. The molecule has 0 radical (unpaired) electrons. The average Bonchev–Trinajstić information content (AvgIpc) is 2.66. The molecule has 2 aromatic rings. The van der Waals surface area contributed by atoms with Gasteiger partial charge in [-0.25, -0.2) is 0 Å². The molecule has 0 bridgehead atoms. The molecule has 0 heterocycles. The summed E-state index contributed by atoms with van der Waals surface area (Å²) in [5.74, 6) is 0.576. The average molecular weight is 357 g/mol. The first-order valence-corrected chi connectivity index (χ1v) is 8.37. The minimum atomic E-state index is -0.414. The van der Waals surface area contributed by atoms with Crippen LogP contribution in [0.1, 0.15) is 25.5 Å². The highest BCUT2D eigenvalue weighted by atomic mass is 16.6. The second-order valence-electron chi connectivity index (χ2n) is 5.87. The summed E-state index contributed by atoms with van der Waals surface area (Å²) < 4.78 is 5.09. The minimum Gasteiger partial charge on any atom is -0.497 e. The molecule has 0 saturated heterocycles. The number of likely N-dealkylation sites (N-methyl/N-ethyl adjacent to an activating group) is 1. The number of nitrogens with one attached hydrogen (secondary N) is 1. The van der Waals surface area contributed by atoms with E-state index in [1.54, 1.807) is 43.5 Å². The van der Waals surface area contributed by atoms with Crippen LogP contribution in [-0.2, 0) is 4.79 Å². The highest BCUT2D eigenvalue weighted by Crippen LogP contribution is 2.24. The number of methoxy groups -OCH3 is 1. The third-order valence-corrected chi connectivity index (χ3v) is 4.24. The summed E-state index contributed by atoms with van der Waals surface area (Å²) in [5, 5.41) is 13.8. The smallest absolute Gasteiger partial charge is 0.269 e. The second kappa shape index (κ2) is 8.96. The van der Waals surface area contributed by atoms with E-state index < -0.39 is 4.92 Å². The molecule has 7 heteroatoms. The largest absolute Gasteiger partial charge is 0.497 e. The number of hydrogen-bond donors (Lipinski definition) is 1. The molecule has 0 aliphatic heterocycles. The van der Waals surface area contributed by atoms with E-state index in [9.17, 15) is 14.9 Å². The first kappa shape index (κ1) is 19.4. The van der Waals surface area contributed by atoms with E-state index in [0.717, 1.165) is 11.3 Å². The van der Waals surface area contributed by atoms with Gasteiger partial charge in [0.05, 0.1) is 18.6 Å². The lowest BCUT2D eigenvalue weighted by Crippen LogP contribution is -2.35. The molecule has 138 valence electrons. The van der Waals surface area contributed by atoms with E-state index in [1.807, 2.05) is 24.8 Å². The summed E-state index contributed by atoms with van der Waals surface area (Å²) in [4.78, 5) is 24.9. The van der Waals surface area contributed by atoms with Gasteiger partial charge < -0.3 is 10.1 Å². The Labute approximate surface area is 152 Å². The number of nitro groups is 1. The van der Waals surface area contributed by atoms with Crippen LogP contribution in [-0.4, -0.2) is 35.9 Å². The summed E-state index contributed by atoms with van der Waals surface area (Å²) in [5.41, 5.74) is 1.54. The molecule has 0 spiro atoms. The molecule has 1 unspecified atom stereocenters. The number of nitro benzene ring substituents is 1. The van der Waals surface area contributed by atoms with Gasteiger partial charge in [-0.05, 0) is 43.3 Å². The lowest BCUT2D eigenvalue weighted by atomic mass is 10.1. The van der Waals surface area contributed by atoms with E-state index in [1.165, 1.54) is 6.07 Å². The number of amides is 1. The van der Waals surface area contributed by atoms with Crippen molar-refractivity contribution in [2.75, 3.05) is 25.5 Å². The van der Waals surface area contributed by atoms with Crippen molar-refractivity contribution >= 4 is 17.3 Å². The van der Waals surface area contributed by atoms with Crippen molar-refractivity contribution in [2.24, 2.45) is 0 Å². The van der Waals surface area contributed by atoms with Crippen molar-refractivity contribution in [3.8, 4) is 5.75 Å². The Balaban J connectivity index is 2.03. The van der Waals surface area contributed by atoms with Gasteiger partial charge in [-0.3, -0.25) is 19.8 Å². The Kier molecular flexibility index (Phi) is 6.68. The number of hydrogen-bond acceptors (Lipinski definition) is 5. The molecule has 2 rings (SSSR count). The fourth-order valence-corrected chi connectivity index (χ4v) is 2.69. The number of ether oxygens (including phenoxy) is 1. The van der Waals surface area contributed by atoms with Gasteiger partial charge in [0.2, 0.25) is 5.91 Å². The maximum atomic E-state index is 12.4. The minimum absolute atomic E-state index is 0.0492. The van der Waals surface area contributed by atoms with Crippen LogP contribution in [0.2, 0.25) is 0 Å². The van der Waals surface area contributed by atoms with Gasteiger partial charge in [0.15, 0.2) is 0 Å². The predicted octanol–water partition coefficient (Wildman–Crippen LogP) is 3.63. The van der Waals surface area contributed by atoms with Crippen molar-refractivity contribution < 1.29 is 14.5 Å². The molecular weight excluding hydrogens is 334 g/mol. The van der Waals surface area contributed by atoms with Crippen molar-refractivity contribution in [3.05, 3.63) is 64.2 Å². The fourth-order valence-electron chi connectivity index (χ4n) is 2.69. The van der Waals surface area contributed by atoms with E-state index in [4.69, 9.17) is 4.74 Å². The zero-order valence-electron chi connectivity index (χ0n) is 15.1. The molecule has 1 atom stereocenters. The summed E-state index contributed by atoms with van der Waals surface area (Å²) >= 11 is 0. The van der Waals surface area contributed by atoms with Crippen molar-refractivity contribution in [1.29, 1.82) is 0 Å². The van der Waals surface area contributed by atoms with Crippen LogP contribution in [0, 0.1) is 10.1 Å². The summed E-state index contributed by atoms with van der Waals surface area (Å²) in [6.07, 6.45) is 0. The number of nitrogens with zero attached hydrogens (tertiary/aromatic N) is 2. The summed E-state index contributed by atoms with van der Waals surface area (Å²) in [7, 11) is 1.59. The topological polar surface area (TPSA) is 84.7 Å². The Morgan fingerprint density at radius 1 is 1.27 bits per heavy atom. The molecule has 0 saturated carbocycles. The van der Waals surface area contributed by atoms with Crippen LogP contribution >= 0.6 is 0 Å². The van der Waals surface area contributed by atoms with Crippen LogP contribution in [0.5, 0.6) is 5.75 Å². The van der Waals surface area contributed by atoms with Crippen molar-refractivity contribution in [2.45, 2.75) is 19.9 Å². The first-order valence-electron chi connectivity index (χ1n) is 8.37. The maximum Gasteiger partial charge on any atom is 0.269 e. The highest BCUT2D eigenvalue weighted by Gasteiger charge is 2.19. The zero-order chi connectivity index (χ0) is 19.1. The van der Waals surface area contributed by atoms with Gasteiger partial charge in [-0.1, -0.05) is 19.1 Å². The van der Waals surface area contributed by atoms with Crippen LogP contribution in [0.15, 0.2) is 48.5 Å². The summed E-state index contributed by atoms with van der Waals surface area (Å²) in [6, 6.07) is 13.5. The molecule has 0 fully saturated rings. The third-order valence-electron chi connectivity index (χ3n) is 4.24. The third kappa shape index (κ3) is 5.03. The van der Waals surface area contributed by atoms with Gasteiger partial charge in [0, 0.05) is 23.9 Å². The molecule has 2 aromatic carbocycles. The second-order valence-corrected chi connectivity index (χ2v) is 5.87. The molecule has 0 aliphatic rings. The number of rotatable bonds is 8. The van der Waals surface area contributed by atoms with Gasteiger partial charge in [-0.15, -0.1) is 0 Å². The highest BCUT2D eigenvalue weighted by molar-refractivity contribution is 5.92. The molecule has 0 aromatic heterocycles. The zero-order valence-corrected chi connectivity index (χ0v) is 15.1. The molecule has 1 N–H and O–H groups in total. The molecule has 26 heavy (non-hydrogen) atoms. The molecule has 7 nitrogen and oxygen atoms in total. The lowest BCUT2D eigenvalue weighted by molar-refractivity contribution is -0.384. The number of anilines is 1. The Bertz CT molecular complexity index is 762. The summed E-state index contributed by atoms with van der Waals surface area (Å²) in [6.45, 7) is 4.71. The Morgan fingerprint density at radius 2 is 1.96 bits per heavy atom. The van der Waals surface area contributed by atoms with Crippen LogP contribution in [0.3, 0.4) is 0 Å². The fraction of sp³-hybridized carbons (Fsp3) is 0.316. The van der Waals surface area contributed by atoms with E-state index in [0.29, 0.717) is 12.2 Å². The lowest BCUT2D eigenvalue weighted by Gasteiger charge is -2.27. The van der Waals surface area contributed by atoms with Gasteiger partial charge in [0.1, 0.15) is 5.75 Å². The monoisotopic (exact) mass is 357 g/mol. The van der Waals surface area contributed by atoms with Crippen molar-refractivity contribution in [3.63, 3.8) is 0 Å². The molecular formula is C19H23N3O4. The number of carbonyl (C=O) groups is 1. The van der Waals surface area contributed by atoms with Crippen LogP contribution < -0.4 is 10.1 Å². The Morgan fingerprint density at radius 3 is 2.54 bits per heavy atom. The maximum absolute atomic E-state index is 12.4. The first-order chi connectivity index (χ1) is 12.4. The number of benzene rings is 2. The van der Waals surface area contributed by atoms with Crippen LogP contribution in [0.4, 0.5) is 11.4 Å². The normalized spacial score (nSPS) is 11.8. The van der Waals surface area contributed by atoms with Gasteiger partial charge in [-0.2, -0.15) is 0 Å².